The number of nitrogen functional groups attached to an aromatic ring is 1. The molecule has 0 aliphatic heterocycles. The Balaban J connectivity index is 2.04. The summed E-state index contributed by atoms with van der Waals surface area (Å²) in [5.74, 6) is 2.50. The minimum absolute atomic E-state index is 0.0154. The maximum absolute atomic E-state index is 6.21. The van der Waals surface area contributed by atoms with Crippen LogP contribution >= 0.6 is 0 Å². The average molecular weight is 361 g/mol. The molecule has 2 aromatic rings. The van der Waals surface area contributed by atoms with Gasteiger partial charge in [-0.3, -0.25) is 0 Å². The first-order chi connectivity index (χ1) is 12.5. The van der Waals surface area contributed by atoms with E-state index in [1.165, 1.54) is 12.8 Å². The molecule has 0 amide bonds. The fraction of sp³-hybridized carbons (Fsp3) is 0.737. The molecule has 0 unspecified atom stereocenters. The number of rotatable bonds is 7. The van der Waals surface area contributed by atoms with Gasteiger partial charge in [-0.2, -0.15) is 0 Å². The van der Waals surface area contributed by atoms with E-state index in [1.807, 2.05) is 13.8 Å². The second kappa shape index (κ2) is 8.20. The molecule has 2 atom stereocenters. The van der Waals surface area contributed by atoms with E-state index >= 15 is 0 Å². The topological polar surface area (TPSA) is 105 Å². The molecule has 1 aliphatic carbocycles. The highest BCUT2D eigenvalue weighted by Gasteiger charge is 2.25. The van der Waals surface area contributed by atoms with E-state index in [2.05, 4.69) is 21.7 Å². The van der Waals surface area contributed by atoms with Crippen molar-refractivity contribution in [3.8, 4) is 5.88 Å². The first-order valence-corrected chi connectivity index (χ1v) is 9.93. The molecule has 1 fully saturated rings. The van der Waals surface area contributed by atoms with Gasteiger partial charge in [0, 0.05) is 19.0 Å². The van der Waals surface area contributed by atoms with E-state index in [0.29, 0.717) is 29.2 Å². The molecular formula is C19H32N6O. The van der Waals surface area contributed by atoms with Crippen molar-refractivity contribution in [1.29, 1.82) is 0 Å². The minimum Gasteiger partial charge on any atom is -0.472 e. The van der Waals surface area contributed by atoms with Crippen molar-refractivity contribution in [1.82, 2.24) is 19.7 Å². The van der Waals surface area contributed by atoms with E-state index in [1.54, 1.807) is 0 Å². The second-order valence-corrected chi connectivity index (χ2v) is 7.79. The Hall–Kier alpha value is -1.89. The lowest BCUT2D eigenvalue weighted by molar-refractivity contribution is 0.231. The van der Waals surface area contributed by atoms with Gasteiger partial charge >= 0.3 is 0 Å². The lowest BCUT2D eigenvalue weighted by Gasteiger charge is -2.27. The van der Waals surface area contributed by atoms with E-state index in [9.17, 15) is 0 Å². The molecule has 144 valence electrons. The Bertz CT molecular complexity index is 741. The maximum atomic E-state index is 6.21. The number of hydrogen-bond donors (Lipinski definition) is 2. The van der Waals surface area contributed by atoms with Gasteiger partial charge in [0.05, 0.1) is 6.10 Å². The van der Waals surface area contributed by atoms with Crippen molar-refractivity contribution in [2.75, 3.05) is 5.73 Å². The van der Waals surface area contributed by atoms with Crippen molar-refractivity contribution in [2.45, 2.75) is 84.4 Å². The maximum Gasteiger partial charge on any atom is 0.260 e. The van der Waals surface area contributed by atoms with Crippen LogP contribution in [0.4, 0.5) is 5.82 Å². The number of aryl methyl sites for hydroxylation is 1. The summed E-state index contributed by atoms with van der Waals surface area (Å²) >= 11 is 0. The quantitative estimate of drug-likeness (QED) is 0.786. The molecule has 0 radical (unpaired) electrons. The number of aromatic nitrogens is 4. The predicted molar refractivity (Wildman–Crippen MR) is 104 cm³/mol. The van der Waals surface area contributed by atoms with Gasteiger partial charge in [0.2, 0.25) is 0 Å². The van der Waals surface area contributed by atoms with Gasteiger partial charge in [-0.25, -0.2) is 4.98 Å². The summed E-state index contributed by atoms with van der Waals surface area (Å²) < 4.78 is 8.21. The molecule has 2 heterocycles. The van der Waals surface area contributed by atoms with Crippen LogP contribution in [0.5, 0.6) is 5.88 Å². The molecule has 0 aromatic carbocycles. The number of unbranched alkanes of at least 4 members (excludes halogenated alkanes) is 1. The molecule has 26 heavy (non-hydrogen) atoms. The Morgan fingerprint density at radius 3 is 2.77 bits per heavy atom. The monoisotopic (exact) mass is 360 g/mol. The summed E-state index contributed by atoms with van der Waals surface area (Å²) in [7, 11) is 0. The lowest BCUT2D eigenvalue weighted by atomic mass is 9.86. The Morgan fingerprint density at radius 2 is 2.08 bits per heavy atom. The van der Waals surface area contributed by atoms with E-state index in [-0.39, 0.29) is 6.10 Å². The molecule has 1 aliphatic rings. The van der Waals surface area contributed by atoms with Crippen LogP contribution in [-0.4, -0.2) is 31.9 Å². The van der Waals surface area contributed by atoms with Crippen LogP contribution in [0.15, 0.2) is 0 Å². The minimum atomic E-state index is 0.0154. The molecule has 3 rings (SSSR count). The van der Waals surface area contributed by atoms with E-state index < -0.39 is 0 Å². The van der Waals surface area contributed by atoms with Crippen LogP contribution in [0.25, 0.3) is 11.0 Å². The number of ether oxygens (including phenoxy) is 1. The molecular weight excluding hydrogens is 328 g/mol. The summed E-state index contributed by atoms with van der Waals surface area (Å²) in [6.07, 6.45) is 7.74. The van der Waals surface area contributed by atoms with Gasteiger partial charge < -0.3 is 20.8 Å². The highest BCUT2D eigenvalue weighted by atomic mass is 16.5. The number of hydrogen-bond acceptors (Lipinski definition) is 6. The molecule has 4 N–H and O–H groups in total. The summed E-state index contributed by atoms with van der Waals surface area (Å²) in [4.78, 5) is 4.83. The largest absolute Gasteiger partial charge is 0.472 e. The molecule has 7 heteroatoms. The van der Waals surface area contributed by atoms with Gasteiger partial charge in [-0.15, -0.1) is 10.2 Å². The smallest absolute Gasteiger partial charge is 0.260 e. The Morgan fingerprint density at radius 1 is 1.27 bits per heavy atom. The molecule has 2 aromatic heterocycles. The third kappa shape index (κ3) is 4.09. The summed E-state index contributed by atoms with van der Waals surface area (Å²) in [6.45, 7) is 7.06. The molecule has 0 saturated heterocycles. The Labute approximate surface area is 155 Å². The van der Waals surface area contributed by atoms with Crippen molar-refractivity contribution >= 4 is 16.9 Å². The predicted octanol–water partition coefficient (Wildman–Crippen LogP) is 3.06. The summed E-state index contributed by atoms with van der Waals surface area (Å²) in [5, 5.41) is 8.29. The first kappa shape index (κ1) is 18.9. The molecule has 1 saturated carbocycles. The average Bonchev–Trinajstić information content (AvgIpc) is 2.95. The highest BCUT2D eigenvalue weighted by molar-refractivity contribution is 5.88. The van der Waals surface area contributed by atoms with Crippen molar-refractivity contribution in [3.05, 3.63) is 5.82 Å². The van der Waals surface area contributed by atoms with Crippen LogP contribution in [0.3, 0.4) is 0 Å². The third-order valence-electron chi connectivity index (χ3n) is 5.11. The van der Waals surface area contributed by atoms with Crippen LogP contribution < -0.4 is 16.2 Å². The number of nitrogens with zero attached hydrogens (tertiary/aromatic N) is 4. The van der Waals surface area contributed by atoms with Crippen molar-refractivity contribution in [2.24, 2.45) is 11.7 Å². The second-order valence-electron chi connectivity index (χ2n) is 7.79. The van der Waals surface area contributed by atoms with Crippen LogP contribution in [-0.2, 0) is 13.0 Å². The Kier molecular flexibility index (Phi) is 5.96. The highest BCUT2D eigenvalue weighted by Crippen LogP contribution is 2.32. The van der Waals surface area contributed by atoms with Gasteiger partial charge in [-0.05, 0) is 45.4 Å². The van der Waals surface area contributed by atoms with Crippen molar-refractivity contribution < 1.29 is 4.74 Å². The van der Waals surface area contributed by atoms with Crippen LogP contribution in [0.1, 0.15) is 65.1 Å². The van der Waals surface area contributed by atoms with Gasteiger partial charge in [0.25, 0.3) is 5.88 Å². The fourth-order valence-corrected chi connectivity index (χ4v) is 3.87. The van der Waals surface area contributed by atoms with Crippen molar-refractivity contribution in [3.63, 3.8) is 0 Å². The standard InChI is InChI=1S/C19H32N6O/c1-4-5-9-15-22-16-17(19(26-12(2)3)24-23-18(16)21)25(15)11-13-7-6-8-14(20)10-13/h12-14H,4-11,20H2,1-3H3,(H2,21,23)/t13-,14-/m0/s1. The number of imidazole rings is 1. The number of nitrogens with two attached hydrogens (primary N) is 2. The molecule has 0 bridgehead atoms. The third-order valence-corrected chi connectivity index (χ3v) is 5.11. The normalized spacial score (nSPS) is 20.8. The zero-order chi connectivity index (χ0) is 18.7. The van der Waals surface area contributed by atoms with Gasteiger partial charge in [0.15, 0.2) is 5.82 Å². The summed E-state index contributed by atoms with van der Waals surface area (Å²) in [6, 6.07) is 0.305. The van der Waals surface area contributed by atoms with E-state index in [4.69, 9.17) is 21.2 Å². The zero-order valence-corrected chi connectivity index (χ0v) is 16.2. The SMILES string of the molecule is CCCCc1nc2c(N)nnc(OC(C)C)c2n1C[C@H]1CCC[C@H](N)C1. The zero-order valence-electron chi connectivity index (χ0n) is 16.2. The molecule has 7 nitrogen and oxygen atoms in total. The fourth-order valence-electron chi connectivity index (χ4n) is 3.87. The summed E-state index contributed by atoms with van der Waals surface area (Å²) in [5.41, 5.74) is 13.9. The van der Waals surface area contributed by atoms with Crippen LogP contribution in [0.2, 0.25) is 0 Å². The van der Waals surface area contributed by atoms with E-state index in [0.717, 1.165) is 50.0 Å². The van der Waals surface area contributed by atoms with Gasteiger partial charge in [0.1, 0.15) is 16.9 Å². The molecule has 0 spiro atoms. The lowest BCUT2D eigenvalue weighted by Crippen LogP contribution is -2.30. The van der Waals surface area contributed by atoms with Gasteiger partial charge in [-0.1, -0.05) is 19.8 Å². The number of anilines is 1. The van der Waals surface area contributed by atoms with Crippen LogP contribution in [0, 0.1) is 5.92 Å². The number of fused-ring (bicyclic) bond motifs is 1. The first-order valence-electron chi connectivity index (χ1n) is 9.93.